The fourth-order valence-corrected chi connectivity index (χ4v) is 1.54. The number of nitrogens with zero attached hydrogens (tertiary/aromatic N) is 3. The van der Waals surface area contributed by atoms with Crippen LogP contribution in [-0.4, -0.2) is 40.8 Å². The summed E-state index contributed by atoms with van der Waals surface area (Å²) in [6, 6.07) is 0. The van der Waals surface area contributed by atoms with Crippen LogP contribution < -0.4 is 10.1 Å². The number of methoxy groups -OCH3 is 1. The quantitative estimate of drug-likeness (QED) is 0.593. The van der Waals surface area contributed by atoms with Crippen LogP contribution in [0.25, 0.3) is 0 Å². The number of ether oxygens (including phenoxy) is 2. The van der Waals surface area contributed by atoms with E-state index in [4.69, 9.17) is 9.47 Å². The second kappa shape index (κ2) is 6.28. The monoisotopic (exact) mass is 270 g/mol. The van der Waals surface area contributed by atoms with E-state index < -0.39 is 10.5 Å². The molecular weight excluding hydrogens is 252 g/mol. The van der Waals surface area contributed by atoms with Crippen molar-refractivity contribution in [3.8, 4) is 5.88 Å². The molecular formula is C11H18N4O4. The third kappa shape index (κ3) is 4.02. The fraction of sp³-hybridized carbons (Fsp3) is 0.636. The molecule has 0 aromatic carbocycles. The van der Waals surface area contributed by atoms with Gasteiger partial charge < -0.3 is 14.8 Å². The highest BCUT2D eigenvalue weighted by molar-refractivity contribution is 5.61. The van der Waals surface area contributed by atoms with Crippen molar-refractivity contribution >= 4 is 11.5 Å². The third-order valence-electron chi connectivity index (χ3n) is 2.38. The number of nitro groups is 1. The molecule has 0 atom stereocenters. The minimum atomic E-state index is -0.575. The zero-order chi connectivity index (χ0) is 14.5. The third-order valence-corrected chi connectivity index (χ3v) is 2.38. The van der Waals surface area contributed by atoms with Crippen LogP contribution in [0.3, 0.4) is 0 Å². The van der Waals surface area contributed by atoms with Gasteiger partial charge in [0.2, 0.25) is 5.82 Å². The van der Waals surface area contributed by atoms with E-state index in [0.717, 1.165) is 0 Å². The molecule has 0 unspecified atom stereocenters. The lowest BCUT2D eigenvalue weighted by atomic mass is 10.1. The largest absolute Gasteiger partial charge is 0.476 e. The van der Waals surface area contributed by atoms with Gasteiger partial charge in [0.25, 0.3) is 5.88 Å². The van der Waals surface area contributed by atoms with Gasteiger partial charge >= 0.3 is 5.69 Å². The summed E-state index contributed by atoms with van der Waals surface area (Å²) in [6.45, 7) is 6.59. The number of rotatable bonds is 7. The van der Waals surface area contributed by atoms with Crippen molar-refractivity contribution in [3.63, 3.8) is 0 Å². The SMILES string of the molecule is CCOC(C)(C)CNc1ncnc(OC)c1[N+](=O)[O-]. The van der Waals surface area contributed by atoms with Gasteiger partial charge in [-0.15, -0.1) is 0 Å². The standard InChI is InChI=1S/C11H18N4O4/c1-5-19-11(2,3)6-12-9-8(15(16)17)10(18-4)14-7-13-9/h7H,5-6H2,1-4H3,(H,12,13,14). The minimum Gasteiger partial charge on any atom is -0.476 e. The molecule has 0 fully saturated rings. The smallest absolute Gasteiger partial charge is 0.372 e. The Balaban J connectivity index is 2.92. The van der Waals surface area contributed by atoms with Gasteiger partial charge in [0.05, 0.1) is 17.6 Å². The molecule has 1 aromatic rings. The number of aromatic nitrogens is 2. The summed E-state index contributed by atoms with van der Waals surface area (Å²) in [5, 5.41) is 13.9. The molecule has 0 aliphatic heterocycles. The van der Waals surface area contributed by atoms with Crippen LogP contribution in [0.4, 0.5) is 11.5 Å². The maximum Gasteiger partial charge on any atom is 0.372 e. The molecule has 1 aromatic heterocycles. The highest BCUT2D eigenvalue weighted by atomic mass is 16.6. The van der Waals surface area contributed by atoms with Crippen molar-refractivity contribution in [3.05, 3.63) is 16.4 Å². The summed E-state index contributed by atoms with van der Waals surface area (Å²) in [7, 11) is 1.32. The number of hydrogen-bond acceptors (Lipinski definition) is 7. The van der Waals surface area contributed by atoms with Gasteiger partial charge in [-0.25, -0.2) is 4.98 Å². The number of nitrogens with one attached hydrogen (secondary N) is 1. The Morgan fingerprint density at radius 2 is 2.16 bits per heavy atom. The fourth-order valence-electron chi connectivity index (χ4n) is 1.54. The van der Waals surface area contributed by atoms with Crippen LogP contribution in [-0.2, 0) is 4.74 Å². The van der Waals surface area contributed by atoms with E-state index in [1.54, 1.807) is 0 Å². The molecule has 1 heterocycles. The Morgan fingerprint density at radius 3 is 2.68 bits per heavy atom. The molecule has 1 rings (SSSR count). The van der Waals surface area contributed by atoms with E-state index in [1.807, 2.05) is 20.8 Å². The molecule has 0 saturated heterocycles. The maximum atomic E-state index is 11.0. The van der Waals surface area contributed by atoms with E-state index in [0.29, 0.717) is 13.2 Å². The second-order valence-corrected chi connectivity index (χ2v) is 4.38. The first-order chi connectivity index (χ1) is 8.91. The van der Waals surface area contributed by atoms with Crippen LogP contribution in [0.5, 0.6) is 5.88 Å². The summed E-state index contributed by atoms with van der Waals surface area (Å²) in [5.74, 6) is 0.0429. The van der Waals surface area contributed by atoms with Crippen molar-refractivity contribution in [2.24, 2.45) is 0 Å². The van der Waals surface area contributed by atoms with E-state index >= 15 is 0 Å². The van der Waals surface area contributed by atoms with E-state index in [-0.39, 0.29) is 17.4 Å². The number of anilines is 1. The molecule has 0 aliphatic rings. The van der Waals surface area contributed by atoms with Crippen LogP contribution in [0, 0.1) is 10.1 Å². The highest BCUT2D eigenvalue weighted by Crippen LogP contribution is 2.30. The molecule has 0 amide bonds. The average Bonchev–Trinajstić information content (AvgIpc) is 2.35. The lowest BCUT2D eigenvalue weighted by molar-refractivity contribution is -0.385. The van der Waals surface area contributed by atoms with Crippen LogP contribution in [0.1, 0.15) is 20.8 Å². The summed E-state index contributed by atoms with van der Waals surface area (Å²) in [5.41, 5.74) is -0.738. The lowest BCUT2D eigenvalue weighted by Crippen LogP contribution is -2.33. The van der Waals surface area contributed by atoms with Crippen LogP contribution >= 0.6 is 0 Å². The van der Waals surface area contributed by atoms with Crippen molar-refractivity contribution < 1.29 is 14.4 Å². The Bertz CT molecular complexity index is 450. The zero-order valence-corrected chi connectivity index (χ0v) is 11.5. The first kappa shape index (κ1) is 15.1. The van der Waals surface area contributed by atoms with Crippen LogP contribution in [0.15, 0.2) is 6.33 Å². The molecule has 19 heavy (non-hydrogen) atoms. The van der Waals surface area contributed by atoms with Crippen molar-refractivity contribution in [1.29, 1.82) is 0 Å². The summed E-state index contributed by atoms with van der Waals surface area (Å²) in [4.78, 5) is 18.0. The van der Waals surface area contributed by atoms with Gasteiger partial charge in [0.1, 0.15) is 6.33 Å². The molecule has 0 saturated carbocycles. The van der Waals surface area contributed by atoms with Gasteiger partial charge in [-0.2, -0.15) is 4.98 Å². The Hall–Kier alpha value is -1.96. The van der Waals surface area contributed by atoms with Crippen molar-refractivity contribution in [1.82, 2.24) is 9.97 Å². The molecule has 8 heteroatoms. The first-order valence-corrected chi connectivity index (χ1v) is 5.82. The van der Waals surface area contributed by atoms with Crippen molar-refractivity contribution in [2.75, 3.05) is 25.6 Å². The lowest BCUT2D eigenvalue weighted by Gasteiger charge is -2.25. The van der Waals surface area contributed by atoms with Gasteiger partial charge in [0.15, 0.2) is 0 Å². The van der Waals surface area contributed by atoms with E-state index in [9.17, 15) is 10.1 Å². The highest BCUT2D eigenvalue weighted by Gasteiger charge is 2.26. The number of hydrogen-bond donors (Lipinski definition) is 1. The molecule has 106 valence electrons. The van der Waals surface area contributed by atoms with E-state index in [2.05, 4.69) is 15.3 Å². The second-order valence-electron chi connectivity index (χ2n) is 4.38. The van der Waals surface area contributed by atoms with Crippen LogP contribution in [0.2, 0.25) is 0 Å². The summed E-state index contributed by atoms with van der Waals surface area (Å²) >= 11 is 0. The zero-order valence-electron chi connectivity index (χ0n) is 11.5. The Morgan fingerprint density at radius 1 is 1.47 bits per heavy atom. The van der Waals surface area contributed by atoms with Gasteiger partial charge in [-0.1, -0.05) is 0 Å². The molecule has 1 N–H and O–H groups in total. The molecule has 0 spiro atoms. The van der Waals surface area contributed by atoms with Gasteiger partial charge in [-0.3, -0.25) is 10.1 Å². The van der Waals surface area contributed by atoms with Gasteiger partial charge in [0, 0.05) is 13.2 Å². The summed E-state index contributed by atoms with van der Waals surface area (Å²) < 4.78 is 10.4. The Kier molecular flexibility index (Phi) is 4.99. The predicted octanol–water partition coefficient (Wildman–Crippen LogP) is 1.62. The first-order valence-electron chi connectivity index (χ1n) is 5.82. The normalized spacial score (nSPS) is 11.2. The predicted molar refractivity (Wildman–Crippen MR) is 69.4 cm³/mol. The molecule has 0 radical (unpaired) electrons. The summed E-state index contributed by atoms with van der Waals surface area (Å²) in [6.07, 6.45) is 1.21. The van der Waals surface area contributed by atoms with Crippen molar-refractivity contribution in [2.45, 2.75) is 26.4 Å². The topological polar surface area (TPSA) is 99.4 Å². The van der Waals surface area contributed by atoms with Gasteiger partial charge in [-0.05, 0) is 20.8 Å². The minimum absolute atomic E-state index is 0.0725. The Labute approximate surface area is 111 Å². The molecule has 0 aliphatic carbocycles. The molecule has 0 bridgehead atoms. The maximum absolute atomic E-state index is 11.0. The average molecular weight is 270 g/mol. The molecule has 8 nitrogen and oxygen atoms in total. The van der Waals surface area contributed by atoms with E-state index in [1.165, 1.54) is 13.4 Å².